The van der Waals surface area contributed by atoms with Gasteiger partial charge in [-0.1, -0.05) is 69.6 Å². The van der Waals surface area contributed by atoms with Crippen molar-refractivity contribution in [2.45, 2.75) is 39.1 Å². The maximum Gasteiger partial charge on any atom is 0.214 e. The first-order valence-electron chi connectivity index (χ1n) is 19.1. The third kappa shape index (κ3) is 13.5. The molecule has 0 fully saturated rings. The summed E-state index contributed by atoms with van der Waals surface area (Å²) in [6.07, 6.45) is 2.21. The molecule has 3 aromatic carbocycles. The molecule has 3 atom stereocenters. The quantitative estimate of drug-likeness (QED) is 0.0463. The van der Waals surface area contributed by atoms with E-state index >= 15 is 0 Å². The number of aromatic nitrogens is 3. The minimum absolute atomic E-state index is 0.0863. The molecule has 6 aromatic rings. The number of ether oxygens (including phenoxy) is 4. The normalized spacial score (nSPS) is 12.2. The van der Waals surface area contributed by atoms with E-state index in [9.17, 15) is 13.2 Å². The molecule has 0 aliphatic rings. The molecule has 3 heterocycles. The first-order chi connectivity index (χ1) is 31.6. The van der Waals surface area contributed by atoms with Gasteiger partial charge >= 0.3 is 0 Å². The van der Waals surface area contributed by atoms with Crippen LogP contribution >= 0.6 is 69.6 Å². The Labute approximate surface area is 413 Å². The van der Waals surface area contributed by atoms with Gasteiger partial charge in [-0.05, 0) is 69.3 Å². The molecule has 352 valence electrons. The van der Waals surface area contributed by atoms with E-state index < -0.39 is 35.8 Å². The van der Waals surface area contributed by atoms with Crippen LogP contribution in [0.3, 0.4) is 0 Å². The first-order valence-corrected chi connectivity index (χ1v) is 21.3. The van der Waals surface area contributed by atoms with E-state index in [1.807, 2.05) is 6.07 Å². The van der Waals surface area contributed by atoms with Crippen LogP contribution < -0.4 is 37.1 Å². The molecule has 14 nitrogen and oxygen atoms in total. The molecule has 0 aliphatic carbocycles. The number of hydrogen-bond acceptors (Lipinski definition) is 13. The Bertz CT molecular complexity index is 2860. The minimum Gasteiger partial charge on any atom is -0.482 e. The van der Waals surface area contributed by atoms with Crippen molar-refractivity contribution in [3.05, 3.63) is 154 Å². The third-order valence-corrected chi connectivity index (χ3v) is 11.3. The van der Waals surface area contributed by atoms with E-state index in [-0.39, 0.29) is 71.5 Å². The van der Waals surface area contributed by atoms with Crippen molar-refractivity contribution in [1.29, 1.82) is 10.7 Å². The molecular weight excluding hydrogens is 1000 g/mol. The minimum atomic E-state index is -0.679. The van der Waals surface area contributed by atoms with Crippen molar-refractivity contribution in [2.24, 2.45) is 10.7 Å². The summed E-state index contributed by atoms with van der Waals surface area (Å²) in [6, 6.07) is 14.2. The van der Waals surface area contributed by atoms with Gasteiger partial charge in [0.25, 0.3) is 0 Å². The number of pyridine rings is 3. The van der Waals surface area contributed by atoms with E-state index in [0.29, 0.717) is 38.4 Å². The van der Waals surface area contributed by atoms with Crippen LogP contribution in [0.15, 0.2) is 78.2 Å². The SMILES string of the molecule is CC(Oc1cc(C#N)cnc1N)c1c(Cl)ccc(F)c1Cl.CN=C(N)c1cnc(N)c(OC(C)c2c(Cl)ccc(F)c2Cl)c1.COC(=N)c1cnc(N)c(OC(C)c2c(Cl)ccc(F)c2Cl)c1. The molecule has 0 spiro atoms. The molecule has 3 unspecified atom stereocenters. The van der Waals surface area contributed by atoms with Crippen molar-refractivity contribution in [2.75, 3.05) is 31.4 Å². The summed E-state index contributed by atoms with van der Waals surface area (Å²) in [5, 5.41) is 17.0. The van der Waals surface area contributed by atoms with Gasteiger partial charge in [0.1, 0.15) is 47.7 Å². The van der Waals surface area contributed by atoms with E-state index in [4.69, 9.17) is 122 Å². The van der Waals surface area contributed by atoms with Crippen molar-refractivity contribution in [1.82, 2.24) is 15.0 Å². The van der Waals surface area contributed by atoms with Crippen LogP contribution in [0.5, 0.6) is 17.2 Å². The Morgan fingerprint density at radius 2 is 0.970 bits per heavy atom. The zero-order chi connectivity index (χ0) is 49.9. The second kappa shape index (κ2) is 24.1. The number of aliphatic imine (C=N–C) groups is 1. The zero-order valence-electron chi connectivity index (χ0n) is 35.7. The summed E-state index contributed by atoms with van der Waals surface area (Å²) < 4.78 is 62.7. The lowest BCUT2D eigenvalue weighted by Crippen LogP contribution is -2.15. The molecule has 67 heavy (non-hydrogen) atoms. The number of nitrogens with one attached hydrogen (secondary N) is 1. The number of methoxy groups -OCH3 is 1. The van der Waals surface area contributed by atoms with Gasteiger partial charge in [0.15, 0.2) is 34.7 Å². The molecule has 0 bridgehead atoms. The lowest BCUT2D eigenvalue weighted by Gasteiger charge is -2.19. The fraction of sp³-hybridized carbons (Fsp3) is 0.182. The van der Waals surface area contributed by atoms with Gasteiger partial charge in [-0.3, -0.25) is 10.4 Å². The largest absolute Gasteiger partial charge is 0.482 e. The smallest absolute Gasteiger partial charge is 0.214 e. The number of anilines is 3. The van der Waals surface area contributed by atoms with Crippen molar-refractivity contribution in [3.8, 4) is 23.3 Å². The molecular formula is C44H39Cl6F3N10O4. The molecule has 23 heteroatoms. The molecule has 0 amide bonds. The van der Waals surface area contributed by atoms with Gasteiger partial charge in [-0.25, -0.2) is 28.1 Å². The van der Waals surface area contributed by atoms with Crippen LogP contribution in [-0.4, -0.2) is 40.8 Å². The van der Waals surface area contributed by atoms with Gasteiger partial charge in [0.2, 0.25) is 5.90 Å². The third-order valence-electron chi connectivity index (χ3n) is 9.15. The second-order valence-corrected chi connectivity index (χ2v) is 16.0. The van der Waals surface area contributed by atoms with E-state index in [1.54, 1.807) is 33.9 Å². The van der Waals surface area contributed by atoms with Crippen LogP contribution in [-0.2, 0) is 4.74 Å². The Kier molecular flexibility index (Phi) is 19.2. The Balaban J connectivity index is 0.000000220. The van der Waals surface area contributed by atoms with E-state index in [1.165, 1.54) is 74.2 Å². The van der Waals surface area contributed by atoms with Gasteiger partial charge in [-0.2, -0.15) is 5.26 Å². The highest BCUT2D eigenvalue weighted by atomic mass is 35.5. The molecule has 0 aliphatic heterocycles. The number of nitrogens with zero attached hydrogens (tertiary/aromatic N) is 5. The van der Waals surface area contributed by atoms with Crippen LogP contribution in [0.25, 0.3) is 0 Å². The number of nitrogen functional groups attached to an aromatic ring is 3. The number of halogens is 9. The number of hydrogen-bond donors (Lipinski definition) is 5. The molecule has 6 rings (SSSR count). The molecule has 3 aromatic heterocycles. The predicted octanol–water partition coefficient (Wildman–Crippen LogP) is 11.9. The standard InChI is InChI=1S/C15H15Cl2FN4O.C15H14Cl2FN3O2.C14H10Cl2FN3O/c1-7(12-9(16)3-4-10(18)13(12)17)23-11-5-8(14(19)21-2)6-22-15(11)20;1-7(12-9(16)3-4-10(18)13(12)17)23-11-5-8(15(20)22-2)6-21-14(11)19;1-7(12-9(15)2-3-10(17)13(12)16)21-11-4-8(5-18)6-20-14(11)19/h3-7H,1-2H3,(H2,19,21)(H2,20,22);3-7,20H,1-2H3,(H2,19,21);2-4,6-7H,1H3,(H2,19,20). The predicted molar refractivity (Wildman–Crippen MR) is 258 cm³/mol. The molecule has 0 saturated carbocycles. The highest BCUT2D eigenvalue weighted by molar-refractivity contribution is 6.37. The van der Waals surface area contributed by atoms with Crippen molar-refractivity contribution >= 4 is 98.8 Å². The number of amidine groups is 1. The number of rotatable bonds is 11. The molecule has 9 N–H and O–H groups in total. The van der Waals surface area contributed by atoms with E-state index in [2.05, 4.69) is 19.9 Å². The monoisotopic (exact) mass is 1040 g/mol. The lowest BCUT2D eigenvalue weighted by atomic mass is 10.1. The van der Waals surface area contributed by atoms with Crippen LogP contribution in [0, 0.1) is 34.2 Å². The molecule has 0 saturated heterocycles. The Hall–Kier alpha value is -6.13. The van der Waals surface area contributed by atoms with Crippen LogP contribution in [0.2, 0.25) is 30.1 Å². The maximum atomic E-state index is 13.6. The lowest BCUT2D eigenvalue weighted by molar-refractivity contribution is 0.227. The Morgan fingerprint density at radius 3 is 1.33 bits per heavy atom. The van der Waals surface area contributed by atoms with Gasteiger partial charge in [-0.15, -0.1) is 0 Å². The van der Waals surface area contributed by atoms with Gasteiger partial charge in [0.05, 0.1) is 33.3 Å². The van der Waals surface area contributed by atoms with E-state index in [0.717, 1.165) is 0 Å². The summed E-state index contributed by atoms with van der Waals surface area (Å²) in [5.74, 6) is -0.474. The fourth-order valence-corrected chi connectivity index (χ4v) is 7.75. The van der Waals surface area contributed by atoms with Crippen LogP contribution in [0.4, 0.5) is 30.6 Å². The average Bonchev–Trinajstić information content (AvgIpc) is 3.30. The topological polar surface area (TPSA) is 240 Å². The highest BCUT2D eigenvalue weighted by Gasteiger charge is 2.23. The second-order valence-electron chi connectivity index (χ2n) is 13.6. The fourth-order valence-electron chi connectivity index (χ4n) is 5.72. The average molecular weight is 1040 g/mol. The maximum absolute atomic E-state index is 13.6. The molecule has 0 radical (unpaired) electrons. The summed E-state index contributed by atoms with van der Waals surface area (Å²) in [6.45, 7) is 4.97. The Morgan fingerprint density at radius 1 is 0.627 bits per heavy atom. The summed E-state index contributed by atoms with van der Waals surface area (Å²) >= 11 is 36.1. The highest BCUT2D eigenvalue weighted by Crippen LogP contribution is 2.39. The zero-order valence-corrected chi connectivity index (χ0v) is 40.3. The number of nitrogens with two attached hydrogens (primary N) is 4. The van der Waals surface area contributed by atoms with Crippen molar-refractivity contribution in [3.63, 3.8) is 0 Å². The van der Waals surface area contributed by atoms with Crippen LogP contribution in [0.1, 0.15) is 72.5 Å². The van der Waals surface area contributed by atoms with Gasteiger partial charge < -0.3 is 41.9 Å². The first kappa shape index (κ1) is 53.5. The summed E-state index contributed by atoms with van der Waals surface area (Å²) in [4.78, 5) is 15.7. The summed E-state index contributed by atoms with van der Waals surface area (Å²) in [7, 11) is 2.93. The number of benzene rings is 3. The van der Waals surface area contributed by atoms with Gasteiger partial charge in [0, 0.05) is 69.0 Å². The number of nitriles is 1. The van der Waals surface area contributed by atoms with Crippen molar-refractivity contribution < 1.29 is 32.1 Å². The summed E-state index contributed by atoms with van der Waals surface area (Å²) in [5.41, 5.74) is 25.2.